The molecule has 0 bridgehead atoms. The summed E-state index contributed by atoms with van der Waals surface area (Å²) in [5, 5.41) is 7.62. The molecule has 0 radical (unpaired) electrons. The smallest absolute Gasteiger partial charge is 0.270 e. The van der Waals surface area contributed by atoms with Gasteiger partial charge >= 0.3 is 0 Å². The third-order valence-electron chi connectivity index (χ3n) is 6.03. The molecular weight excluding hydrogens is 460 g/mol. The number of imidazole rings is 1. The maximum absolute atomic E-state index is 14.4. The van der Waals surface area contributed by atoms with Gasteiger partial charge in [-0.3, -0.25) is 4.68 Å². The standard InChI is InChI=1S/C28H27F2N5O/c1-4-36-23-12-10-22(11-13-23)32-27-33-25-15-19(21-16-31-34(3)17-21)9-14-26(25)35(27)18-20-7-5-6-8-24(20)28(2,29)30/h5-17H,4,18H2,1-3H3,(H,32,33). The van der Waals surface area contributed by atoms with Crippen LogP contribution in [0.4, 0.5) is 20.4 Å². The van der Waals surface area contributed by atoms with Crippen LogP contribution in [0.3, 0.4) is 0 Å². The molecule has 0 saturated carbocycles. The highest BCUT2D eigenvalue weighted by molar-refractivity contribution is 5.85. The van der Waals surface area contributed by atoms with Crippen LogP contribution in [0.25, 0.3) is 22.2 Å². The van der Waals surface area contributed by atoms with E-state index in [2.05, 4.69) is 10.4 Å². The first-order valence-corrected chi connectivity index (χ1v) is 11.8. The van der Waals surface area contributed by atoms with E-state index < -0.39 is 5.92 Å². The summed E-state index contributed by atoms with van der Waals surface area (Å²) in [5.41, 5.74) is 4.91. The van der Waals surface area contributed by atoms with Crippen molar-refractivity contribution in [3.63, 3.8) is 0 Å². The topological polar surface area (TPSA) is 56.9 Å². The zero-order valence-electron chi connectivity index (χ0n) is 20.4. The molecule has 0 amide bonds. The Hall–Kier alpha value is -4.20. The molecule has 3 aromatic carbocycles. The number of aromatic nitrogens is 4. The van der Waals surface area contributed by atoms with Crippen LogP contribution in [-0.2, 0) is 19.5 Å². The Morgan fingerprint density at radius 2 is 1.78 bits per heavy atom. The Bertz CT molecular complexity index is 1500. The zero-order valence-corrected chi connectivity index (χ0v) is 20.4. The monoisotopic (exact) mass is 487 g/mol. The third-order valence-corrected chi connectivity index (χ3v) is 6.03. The number of hydrogen-bond donors (Lipinski definition) is 1. The van der Waals surface area contributed by atoms with Gasteiger partial charge in [-0.15, -0.1) is 0 Å². The molecule has 0 aliphatic carbocycles. The van der Waals surface area contributed by atoms with Gasteiger partial charge in [0, 0.05) is 37.0 Å². The minimum absolute atomic E-state index is 0.00541. The van der Waals surface area contributed by atoms with Gasteiger partial charge in [-0.1, -0.05) is 30.3 Å². The van der Waals surface area contributed by atoms with Gasteiger partial charge in [-0.05, 0) is 54.4 Å². The van der Waals surface area contributed by atoms with Crippen LogP contribution in [0.1, 0.15) is 25.0 Å². The van der Waals surface area contributed by atoms with Gasteiger partial charge in [0.05, 0.1) is 30.4 Å². The number of anilines is 2. The lowest BCUT2D eigenvalue weighted by molar-refractivity contribution is 0.0165. The van der Waals surface area contributed by atoms with Crippen molar-refractivity contribution in [2.24, 2.45) is 7.05 Å². The molecule has 1 N–H and O–H groups in total. The molecule has 184 valence electrons. The fraction of sp³-hybridized carbons (Fsp3) is 0.214. The average Bonchev–Trinajstić information content (AvgIpc) is 3.43. The minimum atomic E-state index is -2.96. The second-order valence-corrected chi connectivity index (χ2v) is 8.76. The van der Waals surface area contributed by atoms with Crippen LogP contribution in [0, 0.1) is 0 Å². The second-order valence-electron chi connectivity index (χ2n) is 8.76. The number of nitrogens with one attached hydrogen (secondary N) is 1. The predicted molar refractivity (Wildman–Crippen MR) is 138 cm³/mol. The maximum Gasteiger partial charge on any atom is 0.270 e. The first kappa shape index (κ1) is 23.5. The van der Waals surface area contributed by atoms with E-state index in [1.807, 2.05) is 67.2 Å². The summed E-state index contributed by atoms with van der Waals surface area (Å²) in [6.45, 7) is 3.69. The quantitative estimate of drug-likeness (QED) is 0.263. The molecule has 0 saturated heterocycles. The molecule has 0 aliphatic heterocycles. The number of alkyl halides is 2. The lowest BCUT2D eigenvalue weighted by Gasteiger charge is -2.18. The Morgan fingerprint density at radius 1 is 1.00 bits per heavy atom. The lowest BCUT2D eigenvalue weighted by Crippen LogP contribution is -2.13. The first-order valence-electron chi connectivity index (χ1n) is 11.8. The Morgan fingerprint density at radius 3 is 2.47 bits per heavy atom. The Kier molecular flexibility index (Phi) is 6.18. The first-order chi connectivity index (χ1) is 17.3. The molecule has 2 heterocycles. The Labute approximate surface area is 208 Å². The minimum Gasteiger partial charge on any atom is -0.494 e. The van der Waals surface area contributed by atoms with E-state index in [0.717, 1.165) is 40.5 Å². The molecule has 0 fully saturated rings. The number of aryl methyl sites for hydroxylation is 1. The SMILES string of the molecule is CCOc1ccc(Nc2nc3cc(-c4cnn(C)c4)ccc3n2Cc2ccccc2C(C)(F)F)cc1. The van der Waals surface area contributed by atoms with Gasteiger partial charge in [0.15, 0.2) is 0 Å². The van der Waals surface area contributed by atoms with Crippen LogP contribution in [0.2, 0.25) is 0 Å². The molecule has 8 heteroatoms. The number of halogens is 2. The summed E-state index contributed by atoms with van der Waals surface area (Å²) in [5.74, 6) is -1.62. The number of ether oxygens (including phenoxy) is 1. The van der Waals surface area contributed by atoms with E-state index in [-0.39, 0.29) is 12.1 Å². The van der Waals surface area contributed by atoms with Crippen molar-refractivity contribution in [2.45, 2.75) is 26.3 Å². The molecule has 0 unspecified atom stereocenters. The van der Waals surface area contributed by atoms with E-state index in [4.69, 9.17) is 9.72 Å². The lowest BCUT2D eigenvalue weighted by atomic mass is 10.0. The zero-order chi connectivity index (χ0) is 25.3. The highest BCUT2D eigenvalue weighted by Crippen LogP contribution is 2.33. The van der Waals surface area contributed by atoms with E-state index in [1.165, 1.54) is 6.07 Å². The normalized spacial score (nSPS) is 11.7. The number of hydrogen-bond acceptors (Lipinski definition) is 4. The number of benzene rings is 3. The van der Waals surface area contributed by atoms with Gasteiger partial charge in [0.1, 0.15) is 5.75 Å². The molecule has 0 atom stereocenters. The van der Waals surface area contributed by atoms with Crippen LogP contribution in [-0.4, -0.2) is 25.9 Å². The van der Waals surface area contributed by atoms with Gasteiger partial charge in [-0.2, -0.15) is 5.10 Å². The number of rotatable bonds is 8. The molecule has 5 aromatic rings. The molecule has 36 heavy (non-hydrogen) atoms. The maximum atomic E-state index is 14.4. The van der Waals surface area contributed by atoms with E-state index >= 15 is 0 Å². The summed E-state index contributed by atoms with van der Waals surface area (Å²) in [7, 11) is 1.87. The van der Waals surface area contributed by atoms with Crippen molar-refractivity contribution in [3.8, 4) is 16.9 Å². The molecule has 6 nitrogen and oxygen atoms in total. The average molecular weight is 488 g/mol. The second kappa shape index (κ2) is 9.45. The van der Waals surface area contributed by atoms with Gasteiger partial charge in [-0.25, -0.2) is 13.8 Å². The summed E-state index contributed by atoms with van der Waals surface area (Å²) < 4.78 is 38.0. The van der Waals surface area contributed by atoms with Crippen molar-refractivity contribution in [1.82, 2.24) is 19.3 Å². The number of fused-ring (bicyclic) bond motifs is 1. The summed E-state index contributed by atoms with van der Waals surface area (Å²) in [6, 6.07) is 20.2. The van der Waals surface area contributed by atoms with Gasteiger partial charge < -0.3 is 14.6 Å². The van der Waals surface area contributed by atoms with Crippen LogP contribution in [0.15, 0.2) is 79.1 Å². The number of nitrogens with zero attached hydrogens (tertiary/aromatic N) is 4. The van der Waals surface area contributed by atoms with E-state index in [0.29, 0.717) is 18.1 Å². The molecule has 5 rings (SSSR count). The largest absolute Gasteiger partial charge is 0.494 e. The molecule has 0 aliphatic rings. The van der Waals surface area contributed by atoms with Crippen molar-refractivity contribution in [2.75, 3.05) is 11.9 Å². The highest BCUT2D eigenvalue weighted by Gasteiger charge is 2.27. The van der Waals surface area contributed by atoms with E-state index in [9.17, 15) is 8.78 Å². The molecule has 0 spiro atoms. The van der Waals surface area contributed by atoms with Crippen molar-refractivity contribution < 1.29 is 13.5 Å². The van der Waals surface area contributed by atoms with Crippen LogP contribution < -0.4 is 10.1 Å². The van der Waals surface area contributed by atoms with Gasteiger partial charge in [0.2, 0.25) is 5.95 Å². The molecular formula is C28H27F2N5O. The predicted octanol–water partition coefficient (Wildman–Crippen LogP) is 6.74. The summed E-state index contributed by atoms with van der Waals surface area (Å²) >= 11 is 0. The highest BCUT2D eigenvalue weighted by atomic mass is 19.3. The van der Waals surface area contributed by atoms with Gasteiger partial charge in [0.25, 0.3) is 5.92 Å². The fourth-order valence-electron chi connectivity index (χ4n) is 4.32. The fourth-order valence-corrected chi connectivity index (χ4v) is 4.32. The van der Waals surface area contributed by atoms with E-state index in [1.54, 1.807) is 29.1 Å². The Balaban J connectivity index is 1.59. The van der Waals surface area contributed by atoms with Crippen LogP contribution in [0.5, 0.6) is 5.75 Å². The van der Waals surface area contributed by atoms with Crippen molar-refractivity contribution in [1.29, 1.82) is 0 Å². The summed E-state index contributed by atoms with van der Waals surface area (Å²) in [6.07, 6.45) is 3.74. The molecule has 2 aromatic heterocycles. The third kappa shape index (κ3) is 4.79. The van der Waals surface area contributed by atoms with Crippen molar-refractivity contribution >= 4 is 22.7 Å². The van der Waals surface area contributed by atoms with Crippen LogP contribution >= 0.6 is 0 Å². The summed E-state index contributed by atoms with van der Waals surface area (Å²) in [4.78, 5) is 4.85. The van der Waals surface area contributed by atoms with Crippen molar-refractivity contribution in [3.05, 3.63) is 90.3 Å².